The fourth-order valence-corrected chi connectivity index (χ4v) is 3.19. The summed E-state index contributed by atoms with van der Waals surface area (Å²) in [4.78, 5) is 2.64. The minimum atomic E-state index is 0.564. The standard InChI is InChI=1S/C17H28N2/c1-2-15-9-6-12-19(14-15)17(13-18)11-10-16-7-4-3-5-8-16/h3-5,7-8,15,17H,2,6,9-14,18H2,1H3. The minimum absolute atomic E-state index is 0.564. The summed E-state index contributed by atoms with van der Waals surface area (Å²) in [5.74, 6) is 0.888. The van der Waals surface area contributed by atoms with Crippen molar-refractivity contribution in [1.82, 2.24) is 4.90 Å². The molecule has 106 valence electrons. The van der Waals surface area contributed by atoms with Gasteiger partial charge in [-0.05, 0) is 43.7 Å². The maximum absolute atomic E-state index is 6.01. The summed E-state index contributed by atoms with van der Waals surface area (Å²) in [5, 5.41) is 0. The van der Waals surface area contributed by atoms with Gasteiger partial charge in [0, 0.05) is 19.1 Å². The van der Waals surface area contributed by atoms with Crippen LogP contribution in [0.2, 0.25) is 0 Å². The summed E-state index contributed by atoms with van der Waals surface area (Å²) in [6.45, 7) is 5.61. The molecule has 1 aromatic carbocycles. The normalized spacial score (nSPS) is 22.3. The van der Waals surface area contributed by atoms with Crippen molar-refractivity contribution in [2.45, 2.75) is 45.1 Å². The van der Waals surface area contributed by atoms with Crippen molar-refractivity contribution in [2.75, 3.05) is 19.6 Å². The van der Waals surface area contributed by atoms with Gasteiger partial charge in [0.1, 0.15) is 0 Å². The van der Waals surface area contributed by atoms with E-state index in [1.807, 2.05) is 0 Å². The monoisotopic (exact) mass is 260 g/mol. The average Bonchev–Trinajstić information content (AvgIpc) is 2.49. The third-order valence-electron chi connectivity index (χ3n) is 4.53. The number of aryl methyl sites for hydroxylation is 1. The molecule has 0 saturated carbocycles. The topological polar surface area (TPSA) is 29.3 Å². The average molecular weight is 260 g/mol. The van der Waals surface area contributed by atoms with Gasteiger partial charge in [-0.3, -0.25) is 4.90 Å². The molecule has 0 aromatic heterocycles. The van der Waals surface area contributed by atoms with Crippen LogP contribution in [0.3, 0.4) is 0 Å². The number of piperidine rings is 1. The van der Waals surface area contributed by atoms with Crippen molar-refractivity contribution >= 4 is 0 Å². The Labute approximate surface area is 118 Å². The van der Waals surface area contributed by atoms with Gasteiger partial charge in [0.05, 0.1) is 0 Å². The van der Waals surface area contributed by atoms with E-state index in [1.54, 1.807) is 0 Å². The highest BCUT2D eigenvalue weighted by molar-refractivity contribution is 5.14. The van der Waals surface area contributed by atoms with Crippen LogP contribution >= 0.6 is 0 Å². The smallest absolute Gasteiger partial charge is 0.0221 e. The quantitative estimate of drug-likeness (QED) is 0.851. The maximum atomic E-state index is 6.01. The second-order valence-corrected chi connectivity index (χ2v) is 5.83. The summed E-state index contributed by atoms with van der Waals surface area (Å²) in [6.07, 6.45) is 6.41. The van der Waals surface area contributed by atoms with Crippen LogP contribution < -0.4 is 5.73 Å². The van der Waals surface area contributed by atoms with Crippen LogP contribution in [0.1, 0.15) is 38.2 Å². The van der Waals surface area contributed by atoms with E-state index in [9.17, 15) is 0 Å². The summed E-state index contributed by atoms with van der Waals surface area (Å²) < 4.78 is 0. The lowest BCUT2D eigenvalue weighted by Gasteiger charge is -2.37. The number of hydrogen-bond donors (Lipinski definition) is 1. The molecular formula is C17H28N2. The molecule has 1 aromatic rings. The van der Waals surface area contributed by atoms with Crippen LogP contribution in [-0.4, -0.2) is 30.6 Å². The van der Waals surface area contributed by atoms with E-state index >= 15 is 0 Å². The minimum Gasteiger partial charge on any atom is -0.329 e. The van der Waals surface area contributed by atoms with Gasteiger partial charge in [-0.1, -0.05) is 43.7 Å². The summed E-state index contributed by atoms with van der Waals surface area (Å²) >= 11 is 0. The molecule has 2 rings (SSSR count). The third kappa shape index (κ3) is 4.32. The zero-order chi connectivity index (χ0) is 13.5. The first-order valence-electron chi connectivity index (χ1n) is 7.81. The zero-order valence-electron chi connectivity index (χ0n) is 12.2. The van der Waals surface area contributed by atoms with Crippen molar-refractivity contribution in [2.24, 2.45) is 11.7 Å². The van der Waals surface area contributed by atoms with Gasteiger partial charge < -0.3 is 5.73 Å². The van der Waals surface area contributed by atoms with Gasteiger partial charge in [0.2, 0.25) is 0 Å². The lowest BCUT2D eigenvalue weighted by Crippen LogP contribution is -2.46. The first-order chi connectivity index (χ1) is 9.33. The zero-order valence-corrected chi connectivity index (χ0v) is 12.2. The summed E-state index contributed by atoms with van der Waals surface area (Å²) in [7, 11) is 0. The lowest BCUT2D eigenvalue weighted by atomic mass is 9.93. The molecule has 1 heterocycles. The molecule has 2 N–H and O–H groups in total. The van der Waals surface area contributed by atoms with E-state index in [0.717, 1.165) is 18.9 Å². The Morgan fingerprint density at radius 3 is 2.79 bits per heavy atom. The van der Waals surface area contributed by atoms with Gasteiger partial charge in [-0.25, -0.2) is 0 Å². The molecule has 0 spiro atoms. The Morgan fingerprint density at radius 2 is 2.11 bits per heavy atom. The Bertz CT molecular complexity index is 350. The van der Waals surface area contributed by atoms with E-state index in [0.29, 0.717) is 6.04 Å². The van der Waals surface area contributed by atoms with Gasteiger partial charge in [0.25, 0.3) is 0 Å². The fourth-order valence-electron chi connectivity index (χ4n) is 3.19. The first kappa shape index (κ1) is 14.5. The Morgan fingerprint density at radius 1 is 1.32 bits per heavy atom. The Hall–Kier alpha value is -0.860. The highest BCUT2D eigenvalue weighted by Crippen LogP contribution is 2.22. The number of benzene rings is 1. The van der Waals surface area contributed by atoms with Crippen LogP contribution in [0, 0.1) is 5.92 Å². The van der Waals surface area contributed by atoms with Crippen LogP contribution in [0.4, 0.5) is 0 Å². The van der Waals surface area contributed by atoms with Crippen molar-refractivity contribution in [3.8, 4) is 0 Å². The second-order valence-electron chi connectivity index (χ2n) is 5.83. The Kier molecular flexibility index (Phi) is 5.87. The lowest BCUT2D eigenvalue weighted by molar-refractivity contribution is 0.119. The molecule has 2 unspecified atom stereocenters. The molecule has 2 nitrogen and oxygen atoms in total. The molecule has 19 heavy (non-hydrogen) atoms. The van der Waals surface area contributed by atoms with Crippen molar-refractivity contribution in [3.63, 3.8) is 0 Å². The molecule has 1 aliphatic heterocycles. The molecule has 1 fully saturated rings. The van der Waals surface area contributed by atoms with E-state index in [4.69, 9.17) is 5.73 Å². The highest BCUT2D eigenvalue weighted by atomic mass is 15.2. The van der Waals surface area contributed by atoms with Crippen LogP contribution in [0.15, 0.2) is 30.3 Å². The second kappa shape index (κ2) is 7.66. The number of rotatable bonds is 6. The van der Waals surface area contributed by atoms with E-state index in [-0.39, 0.29) is 0 Å². The van der Waals surface area contributed by atoms with Gasteiger partial charge in [0.15, 0.2) is 0 Å². The summed E-state index contributed by atoms with van der Waals surface area (Å²) in [6, 6.07) is 11.3. The van der Waals surface area contributed by atoms with Gasteiger partial charge >= 0.3 is 0 Å². The SMILES string of the molecule is CCC1CCCN(C(CN)CCc2ccccc2)C1. The highest BCUT2D eigenvalue weighted by Gasteiger charge is 2.23. The molecule has 0 amide bonds. The van der Waals surface area contributed by atoms with Crippen LogP contribution in [-0.2, 0) is 6.42 Å². The van der Waals surface area contributed by atoms with Crippen LogP contribution in [0.5, 0.6) is 0 Å². The van der Waals surface area contributed by atoms with Crippen molar-refractivity contribution in [1.29, 1.82) is 0 Å². The van der Waals surface area contributed by atoms with Crippen LogP contribution in [0.25, 0.3) is 0 Å². The molecule has 0 bridgehead atoms. The number of nitrogens with two attached hydrogens (primary N) is 1. The first-order valence-corrected chi connectivity index (χ1v) is 7.81. The largest absolute Gasteiger partial charge is 0.329 e. The maximum Gasteiger partial charge on any atom is 0.0221 e. The molecule has 2 heteroatoms. The van der Waals surface area contributed by atoms with Crippen molar-refractivity contribution < 1.29 is 0 Å². The third-order valence-corrected chi connectivity index (χ3v) is 4.53. The number of likely N-dealkylation sites (tertiary alicyclic amines) is 1. The molecule has 1 aliphatic rings. The van der Waals surface area contributed by atoms with Gasteiger partial charge in [-0.2, -0.15) is 0 Å². The Balaban J connectivity index is 1.85. The molecular weight excluding hydrogens is 232 g/mol. The molecule has 0 radical (unpaired) electrons. The fraction of sp³-hybridized carbons (Fsp3) is 0.647. The van der Waals surface area contributed by atoms with Gasteiger partial charge in [-0.15, -0.1) is 0 Å². The predicted molar refractivity (Wildman–Crippen MR) is 82.2 cm³/mol. The number of hydrogen-bond acceptors (Lipinski definition) is 2. The van der Waals surface area contributed by atoms with E-state index in [1.165, 1.54) is 44.3 Å². The summed E-state index contributed by atoms with van der Waals surface area (Å²) in [5.41, 5.74) is 7.45. The van der Waals surface area contributed by atoms with E-state index < -0.39 is 0 Å². The molecule has 0 aliphatic carbocycles. The van der Waals surface area contributed by atoms with Crippen molar-refractivity contribution in [3.05, 3.63) is 35.9 Å². The van der Waals surface area contributed by atoms with E-state index in [2.05, 4.69) is 42.2 Å². The molecule has 1 saturated heterocycles. The molecule has 2 atom stereocenters. The number of nitrogens with zero attached hydrogens (tertiary/aromatic N) is 1. The predicted octanol–water partition coefficient (Wildman–Crippen LogP) is 3.07.